The van der Waals surface area contributed by atoms with Crippen molar-refractivity contribution < 1.29 is 4.79 Å². The van der Waals surface area contributed by atoms with Crippen molar-refractivity contribution in [2.45, 2.75) is 52.1 Å². The summed E-state index contributed by atoms with van der Waals surface area (Å²) in [6.07, 6.45) is 6.62. The molecule has 4 heteroatoms. The van der Waals surface area contributed by atoms with Gasteiger partial charge < -0.3 is 0 Å². The van der Waals surface area contributed by atoms with Gasteiger partial charge in [0, 0.05) is 17.7 Å². The number of carbonyl (C=O) groups excluding carboxylic acids is 1. The zero-order valence-electron chi connectivity index (χ0n) is 11.7. The van der Waals surface area contributed by atoms with Gasteiger partial charge in [-0.1, -0.05) is 19.4 Å². The molecule has 1 atom stereocenters. The summed E-state index contributed by atoms with van der Waals surface area (Å²) in [5.41, 5.74) is 3.69. The highest BCUT2D eigenvalue weighted by molar-refractivity contribution is 6.07. The smallest absolute Gasteiger partial charge is 0.168 e. The zero-order valence-corrected chi connectivity index (χ0v) is 11.7. The molecule has 0 radical (unpaired) electrons. The van der Waals surface area contributed by atoms with Crippen LogP contribution in [-0.4, -0.2) is 27.8 Å². The second-order valence-corrected chi connectivity index (χ2v) is 5.03. The lowest BCUT2D eigenvalue weighted by molar-refractivity contribution is 0.111. The van der Waals surface area contributed by atoms with Gasteiger partial charge in [0.05, 0.1) is 18.3 Å². The number of allylic oxidation sites excluding steroid dienone is 1. The molecule has 1 aliphatic heterocycles. The number of carbonyl (C=O) groups is 1. The third-order valence-electron chi connectivity index (χ3n) is 3.40. The minimum absolute atomic E-state index is 0.255. The van der Waals surface area contributed by atoms with Crippen molar-refractivity contribution in [3.05, 3.63) is 29.6 Å². The molecule has 1 unspecified atom stereocenters. The zero-order chi connectivity index (χ0) is 13.8. The molecule has 0 aliphatic carbocycles. The molecule has 0 saturated heterocycles. The van der Waals surface area contributed by atoms with Gasteiger partial charge >= 0.3 is 0 Å². The lowest BCUT2D eigenvalue weighted by Crippen LogP contribution is -2.19. The Labute approximate surface area is 114 Å². The Balaban J connectivity index is 2.45. The van der Waals surface area contributed by atoms with Gasteiger partial charge in [-0.3, -0.25) is 14.5 Å². The lowest BCUT2D eigenvalue weighted by Gasteiger charge is -2.17. The first kappa shape index (κ1) is 13.7. The van der Waals surface area contributed by atoms with Gasteiger partial charge in [-0.2, -0.15) is 5.10 Å². The maximum atomic E-state index is 11.4. The average molecular weight is 259 g/mol. The van der Waals surface area contributed by atoms with Gasteiger partial charge in [-0.25, -0.2) is 0 Å². The van der Waals surface area contributed by atoms with E-state index in [-0.39, 0.29) is 6.04 Å². The van der Waals surface area contributed by atoms with E-state index < -0.39 is 0 Å². The van der Waals surface area contributed by atoms with Gasteiger partial charge in [0.2, 0.25) is 0 Å². The maximum Gasteiger partial charge on any atom is 0.168 e. The van der Waals surface area contributed by atoms with E-state index in [1.54, 1.807) is 10.8 Å². The molecule has 1 aromatic heterocycles. The number of rotatable bonds is 6. The fraction of sp³-hybridized carbons (Fsp3) is 0.533. The minimum Gasteiger partial charge on any atom is -0.296 e. The van der Waals surface area contributed by atoms with Crippen LogP contribution in [0.3, 0.4) is 0 Å². The van der Waals surface area contributed by atoms with Crippen molar-refractivity contribution in [2.75, 3.05) is 0 Å². The molecule has 1 aliphatic rings. The van der Waals surface area contributed by atoms with Crippen LogP contribution in [-0.2, 0) is 13.0 Å². The van der Waals surface area contributed by atoms with Crippen LogP contribution in [0.1, 0.15) is 54.9 Å². The normalized spacial score (nSPS) is 17.8. The first-order valence-electron chi connectivity index (χ1n) is 6.94. The quantitative estimate of drug-likeness (QED) is 0.582. The van der Waals surface area contributed by atoms with Gasteiger partial charge in [-0.15, -0.1) is 6.58 Å². The van der Waals surface area contributed by atoms with Crippen molar-refractivity contribution in [1.82, 2.24) is 9.78 Å². The van der Waals surface area contributed by atoms with Crippen molar-refractivity contribution in [1.29, 1.82) is 0 Å². The van der Waals surface area contributed by atoms with E-state index in [4.69, 9.17) is 4.99 Å². The van der Waals surface area contributed by atoms with Crippen LogP contribution in [0.2, 0.25) is 0 Å². The molecule has 19 heavy (non-hydrogen) atoms. The van der Waals surface area contributed by atoms with E-state index in [1.165, 1.54) is 0 Å². The summed E-state index contributed by atoms with van der Waals surface area (Å²) in [7, 11) is 0. The predicted molar refractivity (Wildman–Crippen MR) is 77.0 cm³/mol. The highest BCUT2D eigenvalue weighted by Gasteiger charge is 2.26. The SMILES string of the molecule is C=CCn1nc2c(c1C=O)C(CCCC)=NC(C)C2. The minimum atomic E-state index is 0.255. The lowest BCUT2D eigenvalue weighted by atomic mass is 9.96. The number of unbranched alkanes of at least 4 members (excludes halogenated alkanes) is 1. The molecule has 0 saturated carbocycles. The van der Waals surface area contributed by atoms with E-state index in [0.29, 0.717) is 12.2 Å². The monoisotopic (exact) mass is 259 g/mol. The van der Waals surface area contributed by atoms with Crippen LogP contribution < -0.4 is 0 Å². The van der Waals surface area contributed by atoms with Crippen LogP contribution in [0, 0.1) is 0 Å². The highest BCUT2D eigenvalue weighted by atomic mass is 16.1. The van der Waals surface area contributed by atoms with Crippen molar-refractivity contribution in [3.8, 4) is 0 Å². The summed E-state index contributed by atoms with van der Waals surface area (Å²) < 4.78 is 1.74. The second kappa shape index (κ2) is 5.95. The maximum absolute atomic E-state index is 11.4. The second-order valence-electron chi connectivity index (χ2n) is 5.03. The molecule has 4 nitrogen and oxygen atoms in total. The molecule has 0 bridgehead atoms. The first-order valence-corrected chi connectivity index (χ1v) is 6.94. The third-order valence-corrected chi connectivity index (χ3v) is 3.40. The first-order chi connectivity index (χ1) is 9.21. The van der Waals surface area contributed by atoms with E-state index in [9.17, 15) is 4.79 Å². The van der Waals surface area contributed by atoms with Crippen LogP contribution in [0.25, 0.3) is 0 Å². The highest BCUT2D eigenvalue weighted by Crippen LogP contribution is 2.24. The molecule has 0 aromatic carbocycles. The summed E-state index contributed by atoms with van der Waals surface area (Å²) in [6, 6.07) is 0.255. The molecule has 2 heterocycles. The number of aldehydes is 1. The number of nitrogens with zero attached hydrogens (tertiary/aromatic N) is 3. The van der Waals surface area contributed by atoms with Crippen LogP contribution in [0.5, 0.6) is 0 Å². The van der Waals surface area contributed by atoms with Gasteiger partial charge in [0.1, 0.15) is 5.69 Å². The van der Waals surface area contributed by atoms with Gasteiger partial charge in [0.25, 0.3) is 0 Å². The van der Waals surface area contributed by atoms with Crippen LogP contribution in [0.4, 0.5) is 0 Å². The topological polar surface area (TPSA) is 47.2 Å². The Morgan fingerprint density at radius 3 is 2.95 bits per heavy atom. The fourth-order valence-electron chi connectivity index (χ4n) is 2.55. The molecule has 0 spiro atoms. The molecule has 0 amide bonds. The molecule has 1 aromatic rings. The molecule has 2 rings (SSSR count). The summed E-state index contributed by atoms with van der Waals surface area (Å²) in [6.45, 7) is 8.54. The van der Waals surface area contributed by atoms with E-state index >= 15 is 0 Å². The van der Waals surface area contributed by atoms with Crippen molar-refractivity contribution in [2.24, 2.45) is 4.99 Å². The Kier molecular flexibility index (Phi) is 4.30. The molecule has 0 fully saturated rings. The molecule has 102 valence electrons. The number of hydrogen-bond donors (Lipinski definition) is 0. The standard InChI is InChI=1S/C15H21N3O/c1-4-6-7-12-15-13(9-11(3)16-12)17-18(8-5-2)14(15)10-19/h5,10-11H,2,4,6-9H2,1,3H3. The summed E-state index contributed by atoms with van der Waals surface area (Å²) in [5, 5.41) is 4.55. The van der Waals surface area contributed by atoms with Crippen molar-refractivity contribution in [3.63, 3.8) is 0 Å². The van der Waals surface area contributed by atoms with Crippen LogP contribution in [0.15, 0.2) is 17.6 Å². The van der Waals surface area contributed by atoms with E-state index in [2.05, 4.69) is 25.5 Å². The van der Waals surface area contributed by atoms with Crippen molar-refractivity contribution >= 4 is 12.0 Å². The number of hydrogen-bond acceptors (Lipinski definition) is 3. The molecular formula is C15H21N3O. The predicted octanol–water partition coefficient (Wildman–Crippen LogP) is 2.81. The Morgan fingerprint density at radius 1 is 1.53 bits per heavy atom. The number of fused-ring (bicyclic) bond motifs is 1. The van der Waals surface area contributed by atoms with Gasteiger partial charge in [-0.05, 0) is 19.8 Å². The molecular weight excluding hydrogens is 238 g/mol. The fourth-order valence-corrected chi connectivity index (χ4v) is 2.55. The Hall–Kier alpha value is -1.71. The third kappa shape index (κ3) is 2.67. The van der Waals surface area contributed by atoms with E-state index in [1.807, 2.05) is 0 Å². The van der Waals surface area contributed by atoms with E-state index in [0.717, 1.165) is 48.9 Å². The number of aromatic nitrogens is 2. The summed E-state index contributed by atoms with van der Waals surface area (Å²) >= 11 is 0. The Morgan fingerprint density at radius 2 is 2.32 bits per heavy atom. The van der Waals surface area contributed by atoms with Gasteiger partial charge in [0.15, 0.2) is 6.29 Å². The number of aliphatic imine (C=N–C) groups is 1. The largest absolute Gasteiger partial charge is 0.296 e. The average Bonchev–Trinajstić information content (AvgIpc) is 2.73. The Bertz CT molecular complexity index is 514. The summed E-state index contributed by atoms with van der Waals surface area (Å²) in [4.78, 5) is 16.1. The van der Waals surface area contributed by atoms with Crippen LogP contribution >= 0.6 is 0 Å². The summed E-state index contributed by atoms with van der Waals surface area (Å²) in [5.74, 6) is 0. The molecule has 0 N–H and O–H groups in total.